The third-order valence-electron chi connectivity index (χ3n) is 0. The summed E-state index contributed by atoms with van der Waals surface area (Å²) in [7, 11) is 0. The summed E-state index contributed by atoms with van der Waals surface area (Å²) in [4.78, 5) is 42.8. The van der Waals surface area contributed by atoms with Crippen molar-refractivity contribution in [2.75, 3.05) is 0 Å². The van der Waals surface area contributed by atoms with E-state index in [1.54, 1.807) is 0 Å². The number of carboxylic acid groups (broad SMARTS) is 10. The monoisotopic (exact) mass is 527 g/mol. The summed E-state index contributed by atoms with van der Waals surface area (Å²) in [6.07, 6.45) is -9.17. The molecule has 0 atom stereocenters. The van der Waals surface area contributed by atoms with Gasteiger partial charge in [0.15, 0.2) is 0 Å². The van der Waals surface area contributed by atoms with Gasteiger partial charge in [-0.3, -0.25) is 0 Å². The van der Waals surface area contributed by atoms with E-state index < -0.39 is 30.8 Å². The minimum atomic E-state index is -1.83. The van der Waals surface area contributed by atoms with Crippen LogP contribution in [0.4, 0.5) is 24.0 Å². The van der Waals surface area contributed by atoms with Crippen molar-refractivity contribution in [3.05, 3.63) is 0 Å². The first-order chi connectivity index (χ1) is 8.66. The Morgan fingerprint density at radius 1 is 0.149 bits per heavy atom. The topological polar surface area (TPSA) is 288 Å². The van der Waals surface area contributed by atoms with Gasteiger partial charge in [0.05, 0.1) is 0 Å². The van der Waals surface area contributed by atoms with Crippen LogP contribution in [0.25, 0.3) is 0 Å². The van der Waals surface area contributed by atoms with Gasteiger partial charge in [-0.05, 0) is 0 Å². The van der Waals surface area contributed by atoms with Crippen molar-refractivity contribution in [1.82, 2.24) is 0 Å². The second-order valence-corrected chi connectivity index (χ2v) is 1.41. The van der Waals surface area contributed by atoms with Crippen molar-refractivity contribution < 1.29 is 75.0 Å². The molecule has 15 nitrogen and oxygen atoms in total. The Balaban J connectivity index is -0.00000000174. The molecule has 0 saturated carbocycles. The van der Waals surface area contributed by atoms with E-state index in [-0.39, 0.29) is 509 Å². The van der Waals surface area contributed by atoms with Crippen LogP contribution in [0.1, 0.15) is 0 Å². The first-order valence-electron chi connectivity index (χ1n) is 3.26. The molecule has 0 aromatic rings. The summed E-state index contributed by atoms with van der Waals surface area (Å²) in [6, 6.07) is 0. The Hall–Kier alpha value is 12.5. The normalized spacial score (nSPS) is 2.55. The van der Waals surface area contributed by atoms with Crippen molar-refractivity contribution in [1.29, 1.82) is 0 Å². The number of carbonyl (C=O) groups is 5. The average Bonchev–Trinajstić information content (AvgIpc) is 1.94. The van der Waals surface area contributed by atoms with E-state index >= 15 is 0 Å². The zero-order valence-corrected chi connectivity index (χ0v) is 9.01. The summed E-state index contributed by atoms with van der Waals surface area (Å²) in [5, 5.41) is 69.7. The summed E-state index contributed by atoms with van der Waals surface area (Å²) < 4.78 is 0. The van der Waals surface area contributed by atoms with Gasteiger partial charge in [-0.15, -0.1) is 0 Å². The van der Waals surface area contributed by atoms with Crippen LogP contribution < -0.4 is 0 Å². The molecule has 0 aliphatic heterocycles. The van der Waals surface area contributed by atoms with Crippen molar-refractivity contribution in [3.63, 3.8) is 0 Å². The number of hydrogen-bond donors (Lipinski definition) is 10. The quantitative estimate of drug-likeness (QED) is 0.132. The van der Waals surface area contributed by atoms with Gasteiger partial charge < -0.3 is 51.1 Å². The fourth-order valence-electron chi connectivity index (χ4n) is 0. The van der Waals surface area contributed by atoms with E-state index in [2.05, 4.69) is 0 Å². The van der Waals surface area contributed by atoms with Gasteiger partial charge in [-0.25, -0.2) is 24.0 Å². The Kier molecular flexibility index (Phi) is 1470. The second kappa shape index (κ2) is 256. The van der Waals surface area contributed by atoms with Crippen LogP contribution in [-0.4, -0.2) is 591 Å². The van der Waals surface area contributed by atoms with Gasteiger partial charge in [0.1, 0.15) is 0 Å². The third-order valence-corrected chi connectivity index (χ3v) is 0. The maximum atomic E-state index is 8.56. The van der Waals surface area contributed by atoms with Crippen molar-refractivity contribution in [2.45, 2.75) is 0 Å². The number of rotatable bonds is 0. The zero-order valence-electron chi connectivity index (χ0n) is 9.01. The Morgan fingerprint density at radius 3 is 0.149 bits per heavy atom. The molecule has 0 aromatic carbocycles. The van der Waals surface area contributed by atoms with E-state index in [4.69, 9.17) is 75.0 Å². The molecule has 0 aromatic heterocycles. The molecular weight excluding hydrogens is 487 g/mol. The molecule has 0 unspecified atom stereocenters. The summed E-state index contributed by atoms with van der Waals surface area (Å²) >= 11 is 0. The summed E-state index contributed by atoms with van der Waals surface area (Å²) in [5.74, 6) is 0. The second-order valence-electron chi connectivity index (χ2n) is 1.41. The predicted octanol–water partition coefficient (Wildman–Crippen LogP) is -16.4. The molecule has 0 fully saturated rings. The summed E-state index contributed by atoms with van der Waals surface area (Å²) in [6.45, 7) is 0. The Morgan fingerprint density at radius 2 is 0.149 bits per heavy atom. The van der Waals surface area contributed by atoms with E-state index in [1.165, 1.54) is 0 Å². The van der Waals surface area contributed by atoms with E-state index in [1.807, 2.05) is 0 Å². The third kappa shape index (κ3) is 1200. The standard InChI is InChI=1S/5CH2O3.27Li.27H/c5*2-1(3)4;;;;;;;;;;;;;;;;;;;;;;;;;;;;;;;;;;;;;;;;;;;;;;;;;;;;;;/h5*(H2,2,3,4);;;;;;;;;;;;;;;;;;;;;;;;;;;;;;;;;;;;;;;;;;;;;;;;;;;;;;. The van der Waals surface area contributed by atoms with Gasteiger partial charge in [0.2, 0.25) is 0 Å². The molecule has 174 valence electrons. The van der Waals surface area contributed by atoms with Gasteiger partial charge in [-0.1, -0.05) is 0 Å². The van der Waals surface area contributed by atoms with E-state index in [0.29, 0.717) is 0 Å². The van der Waals surface area contributed by atoms with Gasteiger partial charge in [0, 0.05) is 0 Å². The SMILES string of the molecule is O=C(O)O.O=C(O)O.O=C(O)O.O=C(O)O.O=C(O)O.[LiH].[LiH].[LiH].[LiH].[LiH].[LiH].[LiH].[LiH].[LiH].[LiH].[LiH].[LiH].[LiH].[LiH].[LiH].[LiH].[LiH].[LiH].[LiH].[LiH].[LiH].[LiH].[LiH].[LiH].[LiH].[LiH].[LiH]. The fraction of sp³-hybridized carbons (Fsp3) is 0. The van der Waals surface area contributed by atoms with Crippen molar-refractivity contribution in [3.8, 4) is 0 Å². The van der Waals surface area contributed by atoms with E-state index in [0.717, 1.165) is 0 Å². The predicted molar refractivity (Wildman–Crippen MR) is 246 cm³/mol. The van der Waals surface area contributed by atoms with E-state index in [9.17, 15) is 0 Å². The molecule has 0 saturated heterocycles. The molecule has 0 radical (unpaired) electrons. The van der Waals surface area contributed by atoms with Crippen LogP contribution in [-0.2, 0) is 0 Å². The van der Waals surface area contributed by atoms with Gasteiger partial charge >= 0.3 is 540 Å². The first kappa shape index (κ1) is 269. The molecule has 0 bridgehead atoms. The molecule has 0 heterocycles. The van der Waals surface area contributed by atoms with Crippen LogP contribution in [0, 0.1) is 0 Å². The average molecular weight is 525 g/mol. The molecule has 42 heteroatoms. The van der Waals surface area contributed by atoms with Crippen LogP contribution in [0.5, 0.6) is 0 Å². The van der Waals surface area contributed by atoms with Crippen LogP contribution in [0.2, 0.25) is 0 Å². The van der Waals surface area contributed by atoms with Gasteiger partial charge in [0.25, 0.3) is 0 Å². The van der Waals surface area contributed by atoms with Crippen molar-refractivity contribution >= 4 is 540 Å². The molecule has 0 spiro atoms. The molecule has 0 aliphatic rings. The minimum absolute atomic E-state index is 0. The first-order valence-corrected chi connectivity index (χ1v) is 3.26. The molecule has 0 rings (SSSR count). The molecule has 10 N–H and O–H groups in total. The van der Waals surface area contributed by atoms with Crippen LogP contribution in [0.3, 0.4) is 0 Å². The number of hydrogen-bond acceptors (Lipinski definition) is 5. The molecule has 0 amide bonds. The summed E-state index contributed by atoms with van der Waals surface area (Å²) in [5.41, 5.74) is 0. The molecule has 0 aliphatic carbocycles. The molecule has 47 heavy (non-hydrogen) atoms. The Labute approximate surface area is 601 Å². The maximum absolute atomic E-state index is 8.56. The van der Waals surface area contributed by atoms with Gasteiger partial charge in [-0.2, -0.15) is 0 Å². The zero-order chi connectivity index (χ0) is 17.9. The Bertz CT molecular complexity index is 247. The van der Waals surface area contributed by atoms with Crippen LogP contribution in [0.15, 0.2) is 0 Å². The fourth-order valence-corrected chi connectivity index (χ4v) is 0. The van der Waals surface area contributed by atoms with Crippen molar-refractivity contribution in [2.24, 2.45) is 0 Å². The van der Waals surface area contributed by atoms with Crippen LogP contribution >= 0.6 is 0 Å². The molecular formula is C5H37Li27O15.